The van der Waals surface area contributed by atoms with Gasteiger partial charge in [0, 0.05) is 16.6 Å². The van der Waals surface area contributed by atoms with Crippen molar-refractivity contribution in [1.82, 2.24) is 4.98 Å². The molecule has 0 fully saturated rings. The number of rotatable bonds is 4. The van der Waals surface area contributed by atoms with E-state index in [-0.39, 0.29) is 0 Å². The second-order valence-corrected chi connectivity index (χ2v) is 5.09. The highest BCUT2D eigenvalue weighted by molar-refractivity contribution is 9.10. The molecule has 0 bridgehead atoms. The molecule has 2 heteroatoms. The van der Waals surface area contributed by atoms with Gasteiger partial charge in [0.25, 0.3) is 0 Å². The maximum Gasteiger partial charge on any atom is 0.0505 e. The molecule has 0 spiro atoms. The lowest BCUT2D eigenvalue weighted by Crippen LogP contribution is -2.02. The SMILES string of the molecule is C/C=C(\C=C/CC)C(C)c1ncc(Br)cc1C.CC. The first-order valence-electron chi connectivity index (χ1n) is 7.04. The van der Waals surface area contributed by atoms with Gasteiger partial charge in [0.15, 0.2) is 0 Å². The maximum atomic E-state index is 4.53. The molecule has 0 radical (unpaired) electrons. The molecule has 0 aliphatic heterocycles. The van der Waals surface area contributed by atoms with E-state index in [1.54, 1.807) is 0 Å². The van der Waals surface area contributed by atoms with Crippen molar-refractivity contribution in [1.29, 1.82) is 0 Å². The molecule has 1 atom stereocenters. The molecular weight excluding hydrogens is 298 g/mol. The van der Waals surface area contributed by atoms with Gasteiger partial charge in [-0.25, -0.2) is 0 Å². The van der Waals surface area contributed by atoms with Gasteiger partial charge in [-0.1, -0.05) is 45.9 Å². The van der Waals surface area contributed by atoms with Crippen molar-refractivity contribution in [2.24, 2.45) is 0 Å². The number of hydrogen-bond acceptors (Lipinski definition) is 1. The molecule has 0 aromatic carbocycles. The van der Waals surface area contributed by atoms with Gasteiger partial charge in [-0.3, -0.25) is 4.98 Å². The van der Waals surface area contributed by atoms with Crippen molar-refractivity contribution in [3.63, 3.8) is 0 Å². The Kier molecular flexibility index (Phi) is 9.50. The van der Waals surface area contributed by atoms with Crippen LogP contribution in [0.15, 0.2) is 40.5 Å². The second-order valence-electron chi connectivity index (χ2n) is 4.18. The Morgan fingerprint density at radius 2 is 2.05 bits per heavy atom. The van der Waals surface area contributed by atoms with E-state index in [0.717, 1.165) is 16.6 Å². The number of aromatic nitrogens is 1. The Morgan fingerprint density at radius 3 is 2.53 bits per heavy atom. The zero-order valence-electron chi connectivity index (χ0n) is 13.0. The minimum atomic E-state index is 0.343. The number of aryl methyl sites for hydroxylation is 1. The molecule has 1 heterocycles. The highest BCUT2D eigenvalue weighted by Gasteiger charge is 2.12. The van der Waals surface area contributed by atoms with E-state index >= 15 is 0 Å². The Bertz CT molecular complexity index is 433. The number of nitrogens with zero attached hydrogens (tertiary/aromatic N) is 1. The highest BCUT2D eigenvalue weighted by atomic mass is 79.9. The topological polar surface area (TPSA) is 12.9 Å². The highest BCUT2D eigenvalue weighted by Crippen LogP contribution is 2.27. The van der Waals surface area contributed by atoms with Gasteiger partial charge in [-0.05, 0) is 53.4 Å². The van der Waals surface area contributed by atoms with Crippen molar-refractivity contribution in [2.45, 2.75) is 53.9 Å². The molecular formula is C17H26BrN. The zero-order chi connectivity index (χ0) is 14.8. The maximum absolute atomic E-state index is 4.53. The van der Waals surface area contributed by atoms with Gasteiger partial charge in [0.1, 0.15) is 0 Å². The van der Waals surface area contributed by atoms with Gasteiger partial charge < -0.3 is 0 Å². The average molecular weight is 324 g/mol. The Labute approximate surface area is 127 Å². The Hall–Kier alpha value is -0.890. The summed E-state index contributed by atoms with van der Waals surface area (Å²) in [4.78, 5) is 4.53. The molecule has 0 aliphatic carbocycles. The molecule has 0 N–H and O–H groups in total. The van der Waals surface area contributed by atoms with Crippen LogP contribution >= 0.6 is 15.9 Å². The van der Waals surface area contributed by atoms with E-state index < -0.39 is 0 Å². The van der Waals surface area contributed by atoms with E-state index in [4.69, 9.17) is 0 Å². The first kappa shape index (κ1) is 18.1. The minimum Gasteiger partial charge on any atom is -0.259 e. The van der Waals surface area contributed by atoms with Gasteiger partial charge in [-0.15, -0.1) is 0 Å². The van der Waals surface area contributed by atoms with Crippen LogP contribution in [0.5, 0.6) is 0 Å². The fraction of sp³-hybridized carbons (Fsp3) is 0.471. The summed E-state index contributed by atoms with van der Waals surface area (Å²) in [5, 5.41) is 0. The molecule has 1 rings (SSSR count). The predicted molar refractivity (Wildman–Crippen MR) is 89.6 cm³/mol. The molecule has 0 aliphatic rings. The smallest absolute Gasteiger partial charge is 0.0505 e. The van der Waals surface area contributed by atoms with Crippen LogP contribution in [0.25, 0.3) is 0 Å². The van der Waals surface area contributed by atoms with Crippen LogP contribution in [-0.2, 0) is 0 Å². The number of pyridine rings is 1. The Morgan fingerprint density at radius 1 is 1.42 bits per heavy atom. The zero-order valence-corrected chi connectivity index (χ0v) is 14.6. The average Bonchev–Trinajstić information content (AvgIpc) is 2.41. The molecule has 1 unspecified atom stereocenters. The fourth-order valence-corrected chi connectivity index (χ4v) is 2.35. The molecule has 106 valence electrons. The number of hydrogen-bond donors (Lipinski definition) is 0. The summed E-state index contributed by atoms with van der Waals surface area (Å²) in [6, 6.07) is 2.12. The van der Waals surface area contributed by atoms with E-state index in [0.29, 0.717) is 5.92 Å². The molecule has 1 aromatic heterocycles. The third-order valence-electron chi connectivity index (χ3n) is 2.87. The van der Waals surface area contributed by atoms with Crippen molar-refractivity contribution in [3.05, 3.63) is 51.8 Å². The third kappa shape index (κ3) is 5.73. The summed E-state index contributed by atoms with van der Waals surface area (Å²) < 4.78 is 1.04. The van der Waals surface area contributed by atoms with Crippen LogP contribution in [0.2, 0.25) is 0 Å². The van der Waals surface area contributed by atoms with Crippen LogP contribution in [0, 0.1) is 6.92 Å². The van der Waals surface area contributed by atoms with Crippen LogP contribution < -0.4 is 0 Å². The molecule has 0 saturated carbocycles. The lowest BCUT2D eigenvalue weighted by molar-refractivity contribution is 0.852. The Balaban J connectivity index is 0.00000154. The normalized spacial score (nSPS) is 13.1. The summed E-state index contributed by atoms with van der Waals surface area (Å²) in [5.41, 5.74) is 3.71. The lowest BCUT2D eigenvalue weighted by Gasteiger charge is -2.15. The molecule has 19 heavy (non-hydrogen) atoms. The predicted octanol–water partition coefficient (Wildman–Crippen LogP) is 6.19. The number of halogens is 1. The first-order valence-corrected chi connectivity index (χ1v) is 7.84. The van der Waals surface area contributed by atoms with Gasteiger partial charge in [0.2, 0.25) is 0 Å². The standard InChI is InChI=1S/C15H20BrN.C2H6/c1-5-7-8-13(6-2)12(4)15-11(3)9-14(16)10-17-15;1-2/h6-10,12H,5H2,1-4H3;1-2H3/b8-7-,13-6+;. The van der Waals surface area contributed by atoms with Crippen molar-refractivity contribution >= 4 is 15.9 Å². The van der Waals surface area contributed by atoms with E-state index in [9.17, 15) is 0 Å². The lowest BCUT2D eigenvalue weighted by atomic mass is 9.93. The summed E-state index contributed by atoms with van der Waals surface area (Å²) >= 11 is 3.45. The van der Waals surface area contributed by atoms with Crippen LogP contribution in [0.1, 0.15) is 58.2 Å². The van der Waals surface area contributed by atoms with Gasteiger partial charge in [-0.2, -0.15) is 0 Å². The van der Waals surface area contributed by atoms with Crippen LogP contribution in [0.3, 0.4) is 0 Å². The summed E-state index contributed by atoms with van der Waals surface area (Å²) in [6.45, 7) is 12.6. The van der Waals surface area contributed by atoms with Crippen LogP contribution in [0.4, 0.5) is 0 Å². The molecule has 1 nitrogen and oxygen atoms in total. The largest absolute Gasteiger partial charge is 0.259 e. The van der Waals surface area contributed by atoms with Crippen LogP contribution in [-0.4, -0.2) is 4.98 Å². The minimum absolute atomic E-state index is 0.343. The first-order chi connectivity index (χ1) is 9.10. The summed E-state index contributed by atoms with van der Waals surface area (Å²) in [6.07, 6.45) is 9.50. The van der Waals surface area contributed by atoms with E-state index in [1.165, 1.54) is 11.1 Å². The monoisotopic (exact) mass is 323 g/mol. The van der Waals surface area contributed by atoms with Crippen molar-refractivity contribution in [3.8, 4) is 0 Å². The molecule has 0 saturated heterocycles. The van der Waals surface area contributed by atoms with Gasteiger partial charge >= 0.3 is 0 Å². The van der Waals surface area contributed by atoms with Gasteiger partial charge in [0.05, 0.1) is 5.69 Å². The second kappa shape index (κ2) is 9.96. The summed E-state index contributed by atoms with van der Waals surface area (Å²) in [7, 11) is 0. The van der Waals surface area contributed by atoms with E-state index in [1.807, 2.05) is 20.0 Å². The quantitative estimate of drug-likeness (QED) is 0.601. The molecule has 1 aromatic rings. The molecule has 0 amide bonds. The van der Waals surface area contributed by atoms with E-state index in [2.05, 4.69) is 72.9 Å². The van der Waals surface area contributed by atoms with Crippen molar-refractivity contribution < 1.29 is 0 Å². The number of allylic oxidation sites excluding steroid dienone is 4. The third-order valence-corrected chi connectivity index (χ3v) is 3.31. The summed E-state index contributed by atoms with van der Waals surface area (Å²) in [5.74, 6) is 0.343. The van der Waals surface area contributed by atoms with Crippen molar-refractivity contribution in [2.75, 3.05) is 0 Å². The fourth-order valence-electron chi connectivity index (χ4n) is 1.91.